The van der Waals surface area contributed by atoms with Crippen molar-refractivity contribution in [3.63, 3.8) is 0 Å². The molecule has 0 spiro atoms. The fourth-order valence-electron chi connectivity index (χ4n) is 1.97. The zero-order valence-corrected chi connectivity index (χ0v) is 13.3. The molecule has 0 saturated carbocycles. The predicted octanol–water partition coefficient (Wildman–Crippen LogP) is 2.96. The molecule has 1 amide bonds. The number of carbonyl (C=O) groups is 1. The molecule has 2 N–H and O–H groups in total. The number of nitrogens with one attached hydrogen (secondary N) is 1. The van der Waals surface area contributed by atoms with Gasteiger partial charge in [0.15, 0.2) is 0 Å². The molecule has 0 aliphatic rings. The SMILES string of the molecule is Cc1cccc(OCC(O)CNC(=O)c2c(F)cccc2Cl)c1. The molecular weight excluding hydrogens is 321 g/mol. The second-order valence-corrected chi connectivity index (χ2v) is 5.50. The smallest absolute Gasteiger partial charge is 0.255 e. The first kappa shape index (κ1) is 17.2. The summed E-state index contributed by atoms with van der Waals surface area (Å²) in [4.78, 5) is 11.9. The number of benzene rings is 2. The number of carbonyl (C=O) groups excluding carboxylic acids is 1. The minimum atomic E-state index is -0.926. The maximum Gasteiger partial charge on any atom is 0.255 e. The molecule has 0 fully saturated rings. The Labute approximate surface area is 138 Å². The fourth-order valence-corrected chi connectivity index (χ4v) is 2.22. The van der Waals surface area contributed by atoms with Crippen LogP contribution in [0.25, 0.3) is 0 Å². The number of aliphatic hydroxyl groups excluding tert-OH is 1. The van der Waals surface area contributed by atoms with Crippen LogP contribution in [0.2, 0.25) is 5.02 Å². The molecule has 0 heterocycles. The number of hydrogen-bond donors (Lipinski definition) is 2. The van der Waals surface area contributed by atoms with Gasteiger partial charge in [0.25, 0.3) is 5.91 Å². The van der Waals surface area contributed by atoms with E-state index in [1.54, 1.807) is 6.07 Å². The van der Waals surface area contributed by atoms with Gasteiger partial charge >= 0.3 is 0 Å². The van der Waals surface area contributed by atoms with E-state index in [0.29, 0.717) is 5.75 Å². The summed E-state index contributed by atoms with van der Waals surface area (Å²) < 4.78 is 19.0. The van der Waals surface area contributed by atoms with Crippen molar-refractivity contribution in [2.45, 2.75) is 13.0 Å². The zero-order chi connectivity index (χ0) is 16.8. The highest BCUT2D eigenvalue weighted by molar-refractivity contribution is 6.33. The lowest BCUT2D eigenvalue weighted by atomic mass is 10.2. The van der Waals surface area contributed by atoms with Crippen LogP contribution in [0.4, 0.5) is 4.39 Å². The van der Waals surface area contributed by atoms with E-state index in [0.717, 1.165) is 11.6 Å². The number of halogens is 2. The lowest BCUT2D eigenvalue weighted by Crippen LogP contribution is -2.35. The molecule has 0 saturated heterocycles. The highest BCUT2D eigenvalue weighted by Crippen LogP contribution is 2.18. The molecule has 0 aliphatic heterocycles. The largest absolute Gasteiger partial charge is 0.491 e. The first-order chi connectivity index (χ1) is 11.0. The monoisotopic (exact) mass is 337 g/mol. The van der Waals surface area contributed by atoms with E-state index in [2.05, 4.69) is 5.32 Å². The van der Waals surface area contributed by atoms with Gasteiger partial charge in [0.1, 0.15) is 24.3 Å². The zero-order valence-electron chi connectivity index (χ0n) is 12.6. The molecule has 4 nitrogen and oxygen atoms in total. The molecule has 2 rings (SSSR count). The summed E-state index contributed by atoms with van der Waals surface area (Å²) in [5.74, 6) is -0.754. The molecule has 0 bridgehead atoms. The van der Waals surface area contributed by atoms with Crippen molar-refractivity contribution >= 4 is 17.5 Å². The lowest BCUT2D eigenvalue weighted by molar-refractivity contribution is 0.0840. The summed E-state index contributed by atoms with van der Waals surface area (Å²) >= 11 is 5.81. The minimum Gasteiger partial charge on any atom is -0.491 e. The predicted molar refractivity (Wildman–Crippen MR) is 86.4 cm³/mol. The Kier molecular flexibility index (Phi) is 5.96. The molecule has 1 atom stereocenters. The summed E-state index contributed by atoms with van der Waals surface area (Å²) in [6.45, 7) is 1.87. The molecule has 2 aromatic rings. The molecule has 0 radical (unpaired) electrons. The van der Waals surface area contributed by atoms with E-state index in [4.69, 9.17) is 16.3 Å². The normalized spacial score (nSPS) is 11.8. The molecule has 2 aromatic carbocycles. The van der Waals surface area contributed by atoms with Crippen molar-refractivity contribution in [1.82, 2.24) is 5.32 Å². The summed E-state index contributed by atoms with van der Waals surface area (Å²) in [7, 11) is 0. The fraction of sp³-hybridized carbons (Fsp3) is 0.235. The average Bonchev–Trinajstić information content (AvgIpc) is 2.51. The lowest BCUT2D eigenvalue weighted by Gasteiger charge is -2.14. The molecule has 0 aliphatic carbocycles. The van der Waals surface area contributed by atoms with Crippen LogP contribution in [-0.2, 0) is 0 Å². The van der Waals surface area contributed by atoms with Gasteiger partial charge in [-0.25, -0.2) is 4.39 Å². The quantitative estimate of drug-likeness (QED) is 0.852. The van der Waals surface area contributed by atoms with Crippen molar-refractivity contribution in [2.24, 2.45) is 0 Å². The van der Waals surface area contributed by atoms with Crippen LogP contribution in [0.1, 0.15) is 15.9 Å². The number of amides is 1. The van der Waals surface area contributed by atoms with Crippen LogP contribution in [0.3, 0.4) is 0 Å². The molecule has 1 unspecified atom stereocenters. The van der Waals surface area contributed by atoms with Gasteiger partial charge in [0.2, 0.25) is 0 Å². The maximum absolute atomic E-state index is 13.6. The molecule has 122 valence electrons. The van der Waals surface area contributed by atoms with Crippen LogP contribution in [0.15, 0.2) is 42.5 Å². The number of ether oxygens (including phenoxy) is 1. The van der Waals surface area contributed by atoms with Crippen molar-refractivity contribution in [1.29, 1.82) is 0 Å². The van der Waals surface area contributed by atoms with Crippen molar-refractivity contribution in [3.8, 4) is 5.75 Å². The standard InChI is InChI=1S/C17H17ClFNO3/c1-11-4-2-5-13(8-11)23-10-12(21)9-20-17(22)16-14(18)6-3-7-15(16)19/h2-8,12,21H,9-10H2,1H3,(H,20,22). The number of aliphatic hydroxyl groups is 1. The van der Waals surface area contributed by atoms with Crippen LogP contribution in [0.5, 0.6) is 5.75 Å². The molecular formula is C17H17ClFNO3. The van der Waals surface area contributed by atoms with Gasteiger partial charge in [-0.1, -0.05) is 29.8 Å². The van der Waals surface area contributed by atoms with Crippen molar-refractivity contribution in [3.05, 3.63) is 64.4 Å². The van der Waals surface area contributed by atoms with Gasteiger partial charge in [-0.15, -0.1) is 0 Å². The van der Waals surface area contributed by atoms with Gasteiger partial charge in [0.05, 0.1) is 10.6 Å². The highest BCUT2D eigenvalue weighted by Gasteiger charge is 2.16. The van der Waals surface area contributed by atoms with Crippen molar-refractivity contribution < 1.29 is 19.0 Å². The van der Waals surface area contributed by atoms with Gasteiger partial charge < -0.3 is 15.2 Å². The average molecular weight is 338 g/mol. The highest BCUT2D eigenvalue weighted by atomic mass is 35.5. The number of rotatable bonds is 6. The van der Waals surface area contributed by atoms with Crippen LogP contribution >= 0.6 is 11.6 Å². The van der Waals surface area contributed by atoms with Gasteiger partial charge in [-0.3, -0.25) is 4.79 Å². The van der Waals surface area contributed by atoms with Crippen LogP contribution in [0, 0.1) is 12.7 Å². The first-order valence-corrected chi connectivity index (χ1v) is 7.45. The third-order valence-corrected chi connectivity index (χ3v) is 3.43. The molecule has 6 heteroatoms. The van der Waals surface area contributed by atoms with E-state index in [-0.39, 0.29) is 23.7 Å². The third-order valence-electron chi connectivity index (χ3n) is 3.12. The minimum absolute atomic E-state index is 0.00867. The molecule has 23 heavy (non-hydrogen) atoms. The maximum atomic E-state index is 13.6. The van der Waals surface area contributed by atoms with E-state index in [1.165, 1.54) is 12.1 Å². The number of hydrogen-bond acceptors (Lipinski definition) is 3. The second-order valence-electron chi connectivity index (χ2n) is 5.09. The second kappa shape index (κ2) is 7.94. The van der Waals surface area contributed by atoms with Gasteiger partial charge in [-0.2, -0.15) is 0 Å². The Morgan fingerprint density at radius 3 is 2.78 bits per heavy atom. The summed E-state index contributed by atoms with van der Waals surface area (Å²) in [5.41, 5.74) is 0.806. The van der Waals surface area contributed by atoms with Gasteiger partial charge in [-0.05, 0) is 36.8 Å². The van der Waals surface area contributed by atoms with Crippen LogP contribution in [-0.4, -0.2) is 30.3 Å². The Bertz CT molecular complexity index is 673. The Morgan fingerprint density at radius 1 is 1.35 bits per heavy atom. The Hall–Kier alpha value is -2.11. The van der Waals surface area contributed by atoms with E-state index in [1.807, 2.05) is 25.1 Å². The van der Waals surface area contributed by atoms with Gasteiger partial charge in [0, 0.05) is 6.54 Å². The summed E-state index contributed by atoms with van der Waals surface area (Å²) in [6, 6.07) is 11.4. The van der Waals surface area contributed by atoms with E-state index in [9.17, 15) is 14.3 Å². The Morgan fingerprint density at radius 2 is 2.09 bits per heavy atom. The topological polar surface area (TPSA) is 58.6 Å². The Balaban J connectivity index is 1.84. The third kappa shape index (κ3) is 4.94. The van der Waals surface area contributed by atoms with Crippen molar-refractivity contribution in [2.75, 3.05) is 13.2 Å². The first-order valence-electron chi connectivity index (χ1n) is 7.07. The number of aryl methyl sites for hydroxylation is 1. The van der Waals surface area contributed by atoms with Crippen LogP contribution < -0.4 is 10.1 Å². The van der Waals surface area contributed by atoms with E-state index >= 15 is 0 Å². The summed E-state index contributed by atoms with van der Waals surface area (Å²) in [6.07, 6.45) is -0.926. The summed E-state index contributed by atoms with van der Waals surface area (Å²) in [5, 5.41) is 12.3. The molecule has 0 aromatic heterocycles. The van der Waals surface area contributed by atoms with E-state index < -0.39 is 17.8 Å².